The Morgan fingerprint density at radius 2 is 2.25 bits per heavy atom. The number of anilines is 2. The highest BCUT2D eigenvalue weighted by Gasteiger charge is 2.37. The van der Waals surface area contributed by atoms with Gasteiger partial charge in [-0.3, -0.25) is 9.67 Å². The number of carbonyl (C=O) groups is 1. The smallest absolute Gasteiger partial charge is 0.335 e. The molecule has 4 rings (SSSR count). The van der Waals surface area contributed by atoms with E-state index in [0.29, 0.717) is 41.4 Å². The summed E-state index contributed by atoms with van der Waals surface area (Å²) in [6.07, 6.45) is 3.75. The molecule has 2 aliphatic rings. The van der Waals surface area contributed by atoms with Crippen LogP contribution >= 0.6 is 0 Å². The van der Waals surface area contributed by atoms with Crippen molar-refractivity contribution in [2.24, 2.45) is 10.9 Å². The molecule has 28 heavy (non-hydrogen) atoms. The number of hydrogen-bond donors (Lipinski definition) is 3. The number of aromatic carboxylic acids is 1. The van der Waals surface area contributed by atoms with Crippen molar-refractivity contribution in [1.82, 2.24) is 9.78 Å². The highest BCUT2D eigenvalue weighted by Crippen LogP contribution is 2.44. The van der Waals surface area contributed by atoms with Gasteiger partial charge in [-0.1, -0.05) is 0 Å². The molecule has 0 saturated heterocycles. The molecule has 8 nitrogen and oxygen atoms in total. The summed E-state index contributed by atoms with van der Waals surface area (Å²) in [7, 11) is 0. The molecule has 3 N–H and O–H groups in total. The maximum absolute atomic E-state index is 11.2. The van der Waals surface area contributed by atoms with Crippen molar-refractivity contribution in [3.05, 3.63) is 40.6 Å². The van der Waals surface area contributed by atoms with E-state index in [9.17, 15) is 20.3 Å². The van der Waals surface area contributed by atoms with Gasteiger partial charge in [-0.05, 0) is 49.4 Å². The van der Waals surface area contributed by atoms with Gasteiger partial charge in [-0.2, -0.15) is 10.4 Å². The van der Waals surface area contributed by atoms with Crippen molar-refractivity contribution in [2.75, 3.05) is 5.32 Å². The first-order valence-corrected chi connectivity index (χ1v) is 9.28. The minimum atomic E-state index is -1.01. The Labute approximate surface area is 162 Å². The molecule has 1 aromatic heterocycles. The van der Waals surface area contributed by atoms with Gasteiger partial charge in [0.05, 0.1) is 35.4 Å². The van der Waals surface area contributed by atoms with Gasteiger partial charge in [0.2, 0.25) is 0 Å². The molecule has 1 aromatic carbocycles. The second kappa shape index (κ2) is 7.09. The summed E-state index contributed by atoms with van der Waals surface area (Å²) in [5.74, 6) is -0.0470. The first kappa shape index (κ1) is 18.2. The fraction of sp³-hybridized carbons (Fsp3) is 0.400. The van der Waals surface area contributed by atoms with E-state index in [1.165, 1.54) is 0 Å². The third kappa shape index (κ3) is 3.25. The molecule has 1 aliphatic carbocycles. The topological polar surface area (TPSA) is 124 Å². The zero-order valence-corrected chi connectivity index (χ0v) is 15.5. The lowest BCUT2D eigenvalue weighted by atomic mass is 10.1. The van der Waals surface area contributed by atoms with Gasteiger partial charge < -0.3 is 15.5 Å². The molecule has 2 heterocycles. The van der Waals surface area contributed by atoms with Crippen LogP contribution in [0, 0.1) is 24.2 Å². The van der Waals surface area contributed by atoms with E-state index in [-0.39, 0.29) is 11.6 Å². The molecule has 0 amide bonds. The van der Waals surface area contributed by atoms with E-state index in [1.807, 2.05) is 4.68 Å². The van der Waals surface area contributed by atoms with Crippen molar-refractivity contribution in [1.29, 1.82) is 5.26 Å². The van der Waals surface area contributed by atoms with Crippen LogP contribution in [-0.2, 0) is 6.42 Å². The number of nitrogens with one attached hydrogen (secondary N) is 1. The van der Waals surface area contributed by atoms with Gasteiger partial charge in [0.1, 0.15) is 0 Å². The van der Waals surface area contributed by atoms with E-state index in [4.69, 9.17) is 5.10 Å². The Morgan fingerprint density at radius 1 is 1.46 bits per heavy atom. The largest absolute Gasteiger partial charge is 0.478 e. The Bertz CT molecular complexity index is 1000. The average molecular weight is 379 g/mol. The number of nitriles is 1. The van der Waals surface area contributed by atoms with Crippen molar-refractivity contribution >= 4 is 23.7 Å². The minimum absolute atomic E-state index is 0.0101. The minimum Gasteiger partial charge on any atom is -0.478 e. The highest BCUT2D eigenvalue weighted by molar-refractivity contribution is 5.90. The van der Waals surface area contributed by atoms with Gasteiger partial charge in [-0.15, -0.1) is 0 Å². The molecular weight excluding hydrogens is 358 g/mol. The first-order chi connectivity index (χ1) is 13.5. The van der Waals surface area contributed by atoms with Gasteiger partial charge >= 0.3 is 5.97 Å². The zero-order chi connectivity index (χ0) is 19.8. The van der Waals surface area contributed by atoms with Crippen LogP contribution in [0.4, 0.5) is 11.5 Å². The maximum Gasteiger partial charge on any atom is 0.335 e. The normalized spacial score (nSPS) is 19.0. The number of rotatable bonds is 6. The second-order valence-electron chi connectivity index (χ2n) is 7.29. The summed E-state index contributed by atoms with van der Waals surface area (Å²) in [6, 6.07) is 7.20. The lowest BCUT2D eigenvalue weighted by molar-refractivity contribution is 0.0696. The van der Waals surface area contributed by atoms with Crippen LogP contribution in [-0.4, -0.2) is 32.2 Å². The zero-order valence-electron chi connectivity index (χ0n) is 15.5. The number of aryl methyl sites for hydroxylation is 1. The Kier molecular flexibility index (Phi) is 4.61. The fourth-order valence-corrected chi connectivity index (χ4v) is 3.78. The number of aliphatic hydroxyl groups excluding tert-OH is 1. The van der Waals surface area contributed by atoms with Gasteiger partial charge in [0.25, 0.3) is 0 Å². The fourth-order valence-electron chi connectivity index (χ4n) is 3.78. The Hall–Kier alpha value is -3.18. The molecule has 0 spiro atoms. The van der Waals surface area contributed by atoms with Gasteiger partial charge in [0.15, 0.2) is 12.0 Å². The van der Waals surface area contributed by atoms with E-state index < -0.39 is 12.2 Å². The molecule has 0 radical (unpaired) electrons. The van der Waals surface area contributed by atoms with E-state index in [2.05, 4.69) is 16.4 Å². The van der Waals surface area contributed by atoms with Crippen molar-refractivity contribution in [3.63, 3.8) is 0 Å². The number of hydrogen-bond acceptors (Lipinski definition) is 6. The van der Waals surface area contributed by atoms with Crippen molar-refractivity contribution < 1.29 is 15.0 Å². The van der Waals surface area contributed by atoms with Crippen LogP contribution in [0.15, 0.2) is 23.2 Å². The number of carboxylic acids is 1. The van der Waals surface area contributed by atoms with Gasteiger partial charge in [-0.25, -0.2) is 4.79 Å². The molecule has 1 saturated carbocycles. The standard InChI is InChI=1S/C20H21N5O3/c1-11-10-13(4-5-14(11)20(27)28)23-18-17-16(7-9-22-19(17)26)25(24-18)15(6-8-21)12-2-3-12/h4-5,9-10,12,15,19,26H,2-3,6-7H2,1H3,(H,23,24)(H,27,28). The molecule has 0 bridgehead atoms. The SMILES string of the molecule is Cc1cc(Nc2nn(C(CC#N)C3CC3)c3c2C(O)N=CC3)ccc1C(=O)O. The second-order valence-corrected chi connectivity index (χ2v) is 7.29. The molecule has 2 atom stereocenters. The summed E-state index contributed by atoms with van der Waals surface area (Å²) < 4.78 is 1.88. The Balaban J connectivity index is 1.72. The first-order valence-electron chi connectivity index (χ1n) is 9.28. The van der Waals surface area contributed by atoms with Gasteiger partial charge in [0, 0.05) is 18.3 Å². The highest BCUT2D eigenvalue weighted by atomic mass is 16.4. The number of aliphatic hydroxyl groups is 1. The summed E-state index contributed by atoms with van der Waals surface area (Å²) in [4.78, 5) is 15.3. The third-order valence-corrected chi connectivity index (χ3v) is 5.34. The molecule has 8 heteroatoms. The van der Waals surface area contributed by atoms with E-state index >= 15 is 0 Å². The molecule has 1 fully saturated rings. The number of benzene rings is 1. The van der Waals surface area contributed by atoms with Crippen LogP contribution in [0.2, 0.25) is 0 Å². The predicted octanol–water partition coefficient (Wildman–Crippen LogP) is 3.12. The monoisotopic (exact) mass is 379 g/mol. The molecule has 2 aromatic rings. The van der Waals surface area contributed by atoms with E-state index in [0.717, 1.165) is 18.5 Å². The predicted molar refractivity (Wildman–Crippen MR) is 103 cm³/mol. The number of carboxylic acid groups (broad SMARTS) is 1. The van der Waals surface area contributed by atoms with Crippen LogP contribution in [0.25, 0.3) is 0 Å². The molecule has 1 aliphatic heterocycles. The van der Waals surface area contributed by atoms with Crippen LogP contribution in [0.5, 0.6) is 0 Å². The molecular formula is C20H21N5O3. The summed E-state index contributed by atoms with van der Waals surface area (Å²) in [6.45, 7) is 1.73. The average Bonchev–Trinajstić information content (AvgIpc) is 3.42. The van der Waals surface area contributed by atoms with Crippen molar-refractivity contribution in [2.45, 2.75) is 44.9 Å². The van der Waals surface area contributed by atoms with E-state index in [1.54, 1.807) is 31.3 Å². The number of aromatic nitrogens is 2. The maximum atomic E-state index is 11.2. The van der Waals surface area contributed by atoms with Crippen LogP contribution < -0.4 is 5.32 Å². The lowest BCUT2D eigenvalue weighted by Crippen LogP contribution is -2.18. The summed E-state index contributed by atoms with van der Waals surface area (Å²) in [5.41, 5.74) is 3.04. The third-order valence-electron chi connectivity index (χ3n) is 5.34. The number of nitrogens with zero attached hydrogens (tertiary/aromatic N) is 4. The van der Waals surface area contributed by atoms with Crippen LogP contribution in [0.3, 0.4) is 0 Å². The number of fused-ring (bicyclic) bond motifs is 1. The lowest BCUT2D eigenvalue weighted by Gasteiger charge is -2.19. The van der Waals surface area contributed by atoms with Crippen molar-refractivity contribution in [3.8, 4) is 6.07 Å². The van der Waals surface area contributed by atoms with Crippen LogP contribution in [0.1, 0.15) is 58.7 Å². The molecule has 144 valence electrons. The summed E-state index contributed by atoms with van der Waals surface area (Å²) >= 11 is 0. The summed E-state index contributed by atoms with van der Waals surface area (Å²) in [5, 5.41) is 36.8. The Morgan fingerprint density at radius 3 is 2.89 bits per heavy atom. The number of aliphatic imine (C=N–C) groups is 1. The quantitative estimate of drug-likeness (QED) is 0.708. The molecule has 2 unspecified atom stereocenters.